The zero-order chi connectivity index (χ0) is 14.8. The van der Waals surface area contributed by atoms with Crippen molar-refractivity contribution in [3.8, 4) is 11.5 Å². The van der Waals surface area contributed by atoms with Crippen molar-refractivity contribution in [2.24, 2.45) is 0 Å². The Bertz CT molecular complexity index is 664. The summed E-state index contributed by atoms with van der Waals surface area (Å²) < 4.78 is 10.6. The van der Waals surface area contributed by atoms with Crippen LogP contribution in [0.1, 0.15) is 24.6 Å². The number of nitrogen functional groups attached to an aromatic ring is 1. The normalized spacial score (nSPS) is 18.6. The molecule has 0 amide bonds. The van der Waals surface area contributed by atoms with Crippen LogP contribution >= 0.6 is 0 Å². The second-order valence-corrected chi connectivity index (χ2v) is 4.90. The summed E-state index contributed by atoms with van der Waals surface area (Å²) in [5.41, 5.74) is 5.97. The first-order valence-electron chi connectivity index (χ1n) is 6.61. The van der Waals surface area contributed by atoms with Crippen LogP contribution in [0, 0.1) is 10.1 Å². The van der Waals surface area contributed by atoms with Crippen LogP contribution in [0.5, 0.6) is 0 Å². The van der Waals surface area contributed by atoms with Gasteiger partial charge in [-0.05, 0) is 25.0 Å². The van der Waals surface area contributed by atoms with Crippen LogP contribution in [0.3, 0.4) is 0 Å². The van der Waals surface area contributed by atoms with Gasteiger partial charge in [0.25, 0.3) is 11.6 Å². The second-order valence-electron chi connectivity index (χ2n) is 4.90. The Hall–Kier alpha value is -2.48. The van der Waals surface area contributed by atoms with Crippen LogP contribution in [-0.2, 0) is 4.74 Å². The van der Waals surface area contributed by atoms with Gasteiger partial charge in [0, 0.05) is 24.2 Å². The molecule has 0 spiro atoms. The molecule has 2 heterocycles. The molecular formula is C13H14N4O4. The summed E-state index contributed by atoms with van der Waals surface area (Å²) in [4.78, 5) is 14.7. The molecule has 1 aliphatic heterocycles. The zero-order valence-electron chi connectivity index (χ0n) is 11.2. The highest BCUT2D eigenvalue weighted by atomic mass is 16.6. The third-order valence-corrected chi connectivity index (χ3v) is 3.44. The molecule has 1 aromatic heterocycles. The lowest BCUT2D eigenvalue weighted by Gasteiger charge is -2.18. The lowest BCUT2D eigenvalue weighted by atomic mass is 10.0. The van der Waals surface area contributed by atoms with E-state index in [1.54, 1.807) is 6.07 Å². The van der Waals surface area contributed by atoms with E-state index in [9.17, 15) is 10.1 Å². The average molecular weight is 290 g/mol. The maximum Gasteiger partial charge on any atom is 0.292 e. The minimum atomic E-state index is -0.537. The van der Waals surface area contributed by atoms with E-state index in [1.165, 1.54) is 12.1 Å². The summed E-state index contributed by atoms with van der Waals surface area (Å²) in [5.74, 6) is 0.933. The molecule has 2 N–H and O–H groups in total. The quantitative estimate of drug-likeness (QED) is 0.522. The molecule has 0 saturated carbocycles. The predicted molar refractivity (Wildman–Crippen MR) is 73.6 cm³/mol. The van der Waals surface area contributed by atoms with E-state index in [4.69, 9.17) is 15.0 Å². The SMILES string of the molecule is Nc1ccc(-c2nc(C3CCCOC3)no2)cc1[N+](=O)[O-]. The van der Waals surface area contributed by atoms with E-state index in [2.05, 4.69) is 10.1 Å². The predicted octanol–water partition coefficient (Wildman–Crippen LogP) is 2.12. The number of hydrogen-bond donors (Lipinski definition) is 1. The Balaban J connectivity index is 1.89. The van der Waals surface area contributed by atoms with Crippen molar-refractivity contribution in [2.75, 3.05) is 18.9 Å². The first-order chi connectivity index (χ1) is 10.1. The van der Waals surface area contributed by atoms with Gasteiger partial charge in [0.15, 0.2) is 5.82 Å². The van der Waals surface area contributed by atoms with Crippen molar-refractivity contribution in [2.45, 2.75) is 18.8 Å². The molecule has 0 bridgehead atoms. The molecule has 1 aromatic carbocycles. The molecule has 2 aromatic rings. The molecular weight excluding hydrogens is 276 g/mol. The number of hydrogen-bond acceptors (Lipinski definition) is 7. The van der Waals surface area contributed by atoms with Gasteiger partial charge >= 0.3 is 0 Å². The number of ether oxygens (including phenoxy) is 1. The first kappa shape index (κ1) is 13.5. The van der Waals surface area contributed by atoms with E-state index in [-0.39, 0.29) is 23.2 Å². The zero-order valence-corrected chi connectivity index (χ0v) is 11.2. The summed E-state index contributed by atoms with van der Waals surface area (Å²) in [5, 5.41) is 14.8. The average Bonchev–Trinajstić information content (AvgIpc) is 2.98. The van der Waals surface area contributed by atoms with Gasteiger partial charge in [-0.15, -0.1) is 0 Å². The number of benzene rings is 1. The highest BCUT2D eigenvalue weighted by Crippen LogP contribution is 2.29. The Labute approximate surface area is 120 Å². The number of nitro groups is 1. The van der Waals surface area contributed by atoms with Crippen LogP contribution in [0.2, 0.25) is 0 Å². The smallest absolute Gasteiger partial charge is 0.292 e. The van der Waals surface area contributed by atoms with Crippen LogP contribution in [0.25, 0.3) is 11.5 Å². The molecule has 0 radical (unpaired) electrons. The van der Waals surface area contributed by atoms with Gasteiger partial charge in [0.1, 0.15) is 5.69 Å². The highest BCUT2D eigenvalue weighted by molar-refractivity contribution is 5.67. The first-order valence-corrected chi connectivity index (χ1v) is 6.61. The number of rotatable bonds is 3. The summed E-state index contributed by atoms with van der Waals surface area (Å²) in [7, 11) is 0. The van der Waals surface area contributed by atoms with Gasteiger partial charge in [-0.3, -0.25) is 10.1 Å². The van der Waals surface area contributed by atoms with Gasteiger partial charge < -0.3 is 15.0 Å². The molecule has 0 aliphatic carbocycles. The van der Waals surface area contributed by atoms with Crippen LogP contribution < -0.4 is 5.73 Å². The third-order valence-electron chi connectivity index (χ3n) is 3.44. The van der Waals surface area contributed by atoms with Gasteiger partial charge in [-0.2, -0.15) is 4.98 Å². The maximum absolute atomic E-state index is 10.9. The second kappa shape index (κ2) is 5.49. The van der Waals surface area contributed by atoms with Crippen molar-refractivity contribution < 1.29 is 14.2 Å². The van der Waals surface area contributed by atoms with Crippen LogP contribution in [0.15, 0.2) is 22.7 Å². The fraction of sp³-hybridized carbons (Fsp3) is 0.385. The summed E-state index contributed by atoms with van der Waals surface area (Å²) in [6.07, 6.45) is 1.91. The van der Waals surface area contributed by atoms with Gasteiger partial charge in [0.05, 0.1) is 11.5 Å². The fourth-order valence-corrected chi connectivity index (χ4v) is 2.30. The van der Waals surface area contributed by atoms with E-state index >= 15 is 0 Å². The van der Waals surface area contributed by atoms with Crippen LogP contribution in [-0.4, -0.2) is 28.3 Å². The minimum absolute atomic E-state index is 0.101. The van der Waals surface area contributed by atoms with Crippen molar-refractivity contribution in [3.63, 3.8) is 0 Å². The Morgan fingerprint density at radius 2 is 2.29 bits per heavy atom. The molecule has 1 atom stereocenters. The number of anilines is 1. The monoisotopic (exact) mass is 290 g/mol. The molecule has 1 fully saturated rings. The van der Waals surface area contributed by atoms with Crippen molar-refractivity contribution in [3.05, 3.63) is 34.1 Å². The fourth-order valence-electron chi connectivity index (χ4n) is 2.30. The van der Waals surface area contributed by atoms with Gasteiger partial charge in [-0.1, -0.05) is 5.16 Å². The van der Waals surface area contributed by atoms with Crippen molar-refractivity contribution in [1.29, 1.82) is 0 Å². The Morgan fingerprint density at radius 3 is 3.00 bits per heavy atom. The Kier molecular flexibility index (Phi) is 3.53. The van der Waals surface area contributed by atoms with E-state index in [1.807, 2.05) is 0 Å². The molecule has 1 aliphatic rings. The molecule has 1 unspecified atom stereocenters. The van der Waals surface area contributed by atoms with E-state index in [0.29, 0.717) is 18.0 Å². The lowest BCUT2D eigenvalue weighted by molar-refractivity contribution is -0.383. The molecule has 8 heteroatoms. The largest absolute Gasteiger partial charge is 0.393 e. The van der Waals surface area contributed by atoms with E-state index in [0.717, 1.165) is 19.4 Å². The lowest BCUT2D eigenvalue weighted by Crippen LogP contribution is -2.16. The number of nitro benzene ring substituents is 1. The van der Waals surface area contributed by atoms with E-state index < -0.39 is 4.92 Å². The number of aromatic nitrogens is 2. The molecule has 110 valence electrons. The molecule has 21 heavy (non-hydrogen) atoms. The Morgan fingerprint density at radius 1 is 1.43 bits per heavy atom. The minimum Gasteiger partial charge on any atom is -0.393 e. The summed E-state index contributed by atoms with van der Waals surface area (Å²) in [6.45, 7) is 1.33. The maximum atomic E-state index is 10.9. The number of nitrogens with two attached hydrogens (primary N) is 1. The third kappa shape index (κ3) is 2.70. The number of nitrogens with zero attached hydrogens (tertiary/aromatic N) is 3. The summed E-state index contributed by atoms with van der Waals surface area (Å²) >= 11 is 0. The van der Waals surface area contributed by atoms with Crippen molar-refractivity contribution in [1.82, 2.24) is 10.1 Å². The van der Waals surface area contributed by atoms with Gasteiger partial charge in [0.2, 0.25) is 0 Å². The topological polar surface area (TPSA) is 117 Å². The van der Waals surface area contributed by atoms with Gasteiger partial charge in [-0.25, -0.2) is 0 Å². The molecule has 1 saturated heterocycles. The molecule has 3 rings (SSSR count). The highest BCUT2D eigenvalue weighted by Gasteiger charge is 2.23. The standard InChI is InChI=1S/C13H14N4O4/c14-10-4-3-8(6-11(10)17(18)19)13-15-12(16-21-13)9-2-1-5-20-7-9/h3-4,6,9H,1-2,5,7,14H2. The molecule has 8 nitrogen and oxygen atoms in total. The van der Waals surface area contributed by atoms with Crippen molar-refractivity contribution >= 4 is 11.4 Å². The summed E-state index contributed by atoms with van der Waals surface area (Å²) in [6, 6.07) is 4.42. The van der Waals surface area contributed by atoms with Crippen LogP contribution in [0.4, 0.5) is 11.4 Å².